The molecule has 0 unspecified atom stereocenters. The first-order valence-electron chi connectivity index (χ1n) is 9.57. The summed E-state index contributed by atoms with van der Waals surface area (Å²) in [6.45, 7) is 5.58. The van der Waals surface area contributed by atoms with Crippen molar-refractivity contribution in [1.29, 1.82) is 0 Å². The summed E-state index contributed by atoms with van der Waals surface area (Å²) in [5.74, 6) is 0.958. The van der Waals surface area contributed by atoms with Gasteiger partial charge in [-0.25, -0.2) is 0 Å². The van der Waals surface area contributed by atoms with E-state index in [1.165, 1.54) is 0 Å². The molecule has 0 radical (unpaired) electrons. The van der Waals surface area contributed by atoms with E-state index >= 15 is 0 Å². The van der Waals surface area contributed by atoms with Gasteiger partial charge in [-0.15, -0.1) is 12.4 Å². The Morgan fingerprint density at radius 2 is 2.04 bits per heavy atom. The Bertz CT molecular complexity index is 660. The molecular weight excluding hydrogens is 366 g/mol. The lowest BCUT2D eigenvalue weighted by molar-refractivity contribution is -0.122. The maximum Gasteiger partial charge on any atom is 0.224 e. The van der Waals surface area contributed by atoms with Crippen LogP contribution in [0.3, 0.4) is 0 Å². The quantitative estimate of drug-likeness (QED) is 0.620. The fourth-order valence-electron chi connectivity index (χ4n) is 3.48. The highest BCUT2D eigenvalue weighted by Crippen LogP contribution is 2.27. The molecule has 1 fully saturated rings. The molecule has 3 N–H and O–H groups in total. The van der Waals surface area contributed by atoms with Crippen LogP contribution in [0.25, 0.3) is 0 Å². The van der Waals surface area contributed by atoms with E-state index in [2.05, 4.69) is 22.9 Å². The maximum atomic E-state index is 12.0. The predicted molar refractivity (Wildman–Crippen MR) is 109 cm³/mol. The lowest BCUT2D eigenvalue weighted by Gasteiger charge is -2.34. The maximum absolute atomic E-state index is 12.0. The van der Waals surface area contributed by atoms with Crippen molar-refractivity contribution in [1.82, 2.24) is 10.6 Å². The lowest BCUT2D eigenvalue weighted by Crippen LogP contribution is -2.42. The number of amides is 2. The molecule has 27 heavy (non-hydrogen) atoms. The van der Waals surface area contributed by atoms with Gasteiger partial charge in [0.15, 0.2) is 0 Å². The number of ether oxygens (including phenoxy) is 1. The number of piperidine rings is 1. The number of carbonyl (C=O) groups excluding carboxylic acids is 2. The molecule has 0 spiro atoms. The van der Waals surface area contributed by atoms with Crippen molar-refractivity contribution < 1.29 is 14.3 Å². The third-order valence-corrected chi connectivity index (χ3v) is 5.31. The summed E-state index contributed by atoms with van der Waals surface area (Å²) in [6.07, 6.45) is 4.65. The van der Waals surface area contributed by atoms with Crippen LogP contribution in [0, 0.1) is 5.41 Å². The van der Waals surface area contributed by atoms with Crippen LogP contribution in [0.2, 0.25) is 0 Å². The minimum Gasteiger partial charge on any atom is -0.494 e. The van der Waals surface area contributed by atoms with Crippen LogP contribution in [0.5, 0.6) is 5.75 Å². The zero-order chi connectivity index (χ0) is 18.4. The second kappa shape index (κ2) is 9.95. The van der Waals surface area contributed by atoms with Gasteiger partial charge in [-0.2, -0.15) is 0 Å². The van der Waals surface area contributed by atoms with Crippen molar-refractivity contribution in [2.45, 2.75) is 45.4 Å². The fourth-order valence-corrected chi connectivity index (χ4v) is 3.48. The van der Waals surface area contributed by atoms with E-state index in [0.29, 0.717) is 25.9 Å². The molecule has 2 aliphatic heterocycles. The summed E-state index contributed by atoms with van der Waals surface area (Å²) in [5, 5.41) is 9.29. The molecule has 1 aromatic rings. The van der Waals surface area contributed by atoms with Gasteiger partial charge in [-0.05, 0) is 68.0 Å². The zero-order valence-electron chi connectivity index (χ0n) is 15.9. The first kappa shape index (κ1) is 21.5. The van der Waals surface area contributed by atoms with Gasteiger partial charge in [0.25, 0.3) is 0 Å². The van der Waals surface area contributed by atoms with Crippen LogP contribution in [-0.2, 0) is 16.0 Å². The SMILES string of the molecule is CC1(CNC(=O)CCCOc2ccc3c(c2)CCC(=O)N3)CCNCC1.Cl. The third-order valence-electron chi connectivity index (χ3n) is 5.31. The summed E-state index contributed by atoms with van der Waals surface area (Å²) in [4.78, 5) is 23.4. The van der Waals surface area contributed by atoms with Crippen LogP contribution in [0.15, 0.2) is 18.2 Å². The number of hydrogen-bond acceptors (Lipinski definition) is 4. The highest BCUT2D eigenvalue weighted by molar-refractivity contribution is 5.94. The molecule has 0 aromatic heterocycles. The third kappa shape index (κ3) is 6.40. The molecule has 0 aliphatic carbocycles. The van der Waals surface area contributed by atoms with Gasteiger partial charge in [0.2, 0.25) is 11.8 Å². The van der Waals surface area contributed by atoms with Gasteiger partial charge in [0, 0.05) is 25.1 Å². The van der Waals surface area contributed by atoms with Crippen LogP contribution < -0.4 is 20.7 Å². The second-order valence-electron chi connectivity index (χ2n) is 7.66. The van der Waals surface area contributed by atoms with Crippen LogP contribution >= 0.6 is 12.4 Å². The number of benzene rings is 1. The van der Waals surface area contributed by atoms with E-state index in [9.17, 15) is 9.59 Å². The van der Waals surface area contributed by atoms with Crippen molar-refractivity contribution in [2.24, 2.45) is 5.41 Å². The molecule has 3 rings (SSSR count). The Balaban J connectivity index is 0.00000261. The molecule has 0 atom stereocenters. The number of anilines is 1. The fraction of sp³-hybridized carbons (Fsp3) is 0.600. The molecule has 0 bridgehead atoms. The molecule has 150 valence electrons. The van der Waals surface area contributed by atoms with Crippen LogP contribution in [-0.4, -0.2) is 38.1 Å². The van der Waals surface area contributed by atoms with Crippen LogP contribution in [0.4, 0.5) is 5.69 Å². The average molecular weight is 396 g/mol. The number of halogens is 1. The largest absolute Gasteiger partial charge is 0.494 e. The average Bonchev–Trinajstić information content (AvgIpc) is 2.64. The Morgan fingerprint density at radius 3 is 2.81 bits per heavy atom. The minimum absolute atomic E-state index is 0. The molecule has 2 amide bonds. The number of carbonyl (C=O) groups is 2. The van der Waals surface area contributed by atoms with Gasteiger partial charge in [-0.1, -0.05) is 6.92 Å². The Hall–Kier alpha value is -1.79. The van der Waals surface area contributed by atoms with Gasteiger partial charge in [0.1, 0.15) is 5.75 Å². The van der Waals surface area contributed by atoms with E-state index in [1.807, 2.05) is 18.2 Å². The normalized spacial score (nSPS) is 17.9. The molecule has 7 heteroatoms. The van der Waals surface area contributed by atoms with Crippen molar-refractivity contribution in [2.75, 3.05) is 31.6 Å². The van der Waals surface area contributed by atoms with Crippen LogP contribution in [0.1, 0.15) is 44.6 Å². The van der Waals surface area contributed by atoms with E-state index in [4.69, 9.17) is 4.74 Å². The second-order valence-corrected chi connectivity index (χ2v) is 7.66. The van der Waals surface area contributed by atoms with Gasteiger partial charge >= 0.3 is 0 Å². The molecular formula is C20H30ClN3O3. The smallest absolute Gasteiger partial charge is 0.224 e. The Morgan fingerprint density at radius 1 is 1.26 bits per heavy atom. The van der Waals surface area contributed by atoms with Crippen molar-refractivity contribution in [3.05, 3.63) is 23.8 Å². The Labute approximate surface area is 167 Å². The predicted octanol–water partition coefficient (Wildman–Crippen LogP) is 2.66. The Kier molecular flexibility index (Phi) is 7.92. The highest BCUT2D eigenvalue weighted by Gasteiger charge is 2.26. The highest BCUT2D eigenvalue weighted by atomic mass is 35.5. The minimum atomic E-state index is 0. The number of rotatable bonds is 7. The summed E-state index contributed by atoms with van der Waals surface area (Å²) >= 11 is 0. The molecule has 2 aliphatic rings. The molecule has 0 saturated carbocycles. The molecule has 2 heterocycles. The number of nitrogens with one attached hydrogen (secondary N) is 3. The first-order chi connectivity index (χ1) is 12.5. The van der Waals surface area contributed by atoms with Crippen molar-refractivity contribution in [3.63, 3.8) is 0 Å². The van der Waals surface area contributed by atoms with E-state index in [1.54, 1.807) is 0 Å². The monoisotopic (exact) mass is 395 g/mol. The van der Waals surface area contributed by atoms with Gasteiger partial charge in [-0.3, -0.25) is 9.59 Å². The number of aryl methyl sites for hydroxylation is 1. The van der Waals surface area contributed by atoms with E-state index < -0.39 is 0 Å². The van der Waals surface area contributed by atoms with E-state index in [-0.39, 0.29) is 29.6 Å². The summed E-state index contributed by atoms with van der Waals surface area (Å²) < 4.78 is 5.76. The molecule has 1 saturated heterocycles. The van der Waals surface area contributed by atoms with Crippen molar-refractivity contribution >= 4 is 29.9 Å². The first-order valence-corrected chi connectivity index (χ1v) is 9.57. The van der Waals surface area contributed by atoms with Crippen molar-refractivity contribution in [3.8, 4) is 5.75 Å². The zero-order valence-corrected chi connectivity index (χ0v) is 16.8. The van der Waals surface area contributed by atoms with Gasteiger partial charge < -0.3 is 20.7 Å². The van der Waals surface area contributed by atoms with E-state index in [0.717, 1.165) is 55.9 Å². The summed E-state index contributed by atoms with van der Waals surface area (Å²) in [5.41, 5.74) is 2.20. The summed E-state index contributed by atoms with van der Waals surface area (Å²) in [6, 6.07) is 5.73. The topological polar surface area (TPSA) is 79.5 Å². The molecule has 6 nitrogen and oxygen atoms in total. The number of hydrogen-bond donors (Lipinski definition) is 3. The summed E-state index contributed by atoms with van der Waals surface area (Å²) in [7, 11) is 0. The standard InChI is InChI=1S/C20H29N3O3.ClH/c1-20(8-10-21-11-9-20)14-22-18(24)3-2-12-26-16-5-6-17-15(13-16)4-7-19(25)23-17;/h5-6,13,21H,2-4,7-12,14H2,1H3,(H,22,24)(H,23,25);1H. The molecule has 1 aromatic carbocycles. The van der Waals surface area contributed by atoms with Gasteiger partial charge in [0.05, 0.1) is 6.61 Å². The lowest BCUT2D eigenvalue weighted by atomic mass is 9.81. The number of fused-ring (bicyclic) bond motifs is 1.